The van der Waals surface area contributed by atoms with Crippen molar-refractivity contribution in [1.29, 1.82) is 5.26 Å². The minimum Gasteiger partial charge on any atom is -0.468 e. The van der Waals surface area contributed by atoms with Crippen LogP contribution in [0.25, 0.3) is 21.5 Å². The van der Waals surface area contributed by atoms with Crippen LogP contribution in [0.1, 0.15) is 45.3 Å². The van der Waals surface area contributed by atoms with Crippen LogP contribution in [-0.2, 0) is 15.1 Å². The van der Waals surface area contributed by atoms with Crippen molar-refractivity contribution in [2.24, 2.45) is 11.3 Å². The first-order valence-electron chi connectivity index (χ1n) is 16.0. The maximum atomic E-state index is 15.3. The zero-order chi connectivity index (χ0) is 34.3. The molecule has 0 aromatic heterocycles. The van der Waals surface area contributed by atoms with Crippen molar-refractivity contribution < 1.29 is 19.4 Å². The van der Waals surface area contributed by atoms with E-state index in [-0.39, 0.29) is 11.4 Å². The van der Waals surface area contributed by atoms with Crippen LogP contribution in [-0.4, -0.2) is 24.0 Å². The molecule has 0 bridgehead atoms. The van der Waals surface area contributed by atoms with E-state index in [2.05, 4.69) is 6.07 Å². The second kappa shape index (κ2) is 12.8. The van der Waals surface area contributed by atoms with Crippen molar-refractivity contribution in [3.05, 3.63) is 166 Å². The number of rotatable bonds is 6. The monoisotopic (exact) mass is 683 g/mol. The molecule has 7 rings (SSSR count). The third-order valence-corrected chi connectivity index (χ3v) is 10.9. The Labute approximate surface area is 294 Å². The van der Waals surface area contributed by atoms with Gasteiger partial charge in [-0.1, -0.05) is 132 Å². The van der Waals surface area contributed by atoms with Crippen molar-refractivity contribution in [1.82, 2.24) is 0 Å². The van der Waals surface area contributed by atoms with Gasteiger partial charge < -0.3 is 9.84 Å². The van der Waals surface area contributed by atoms with Crippen molar-refractivity contribution in [3.8, 4) is 6.07 Å². The first kappa shape index (κ1) is 32.6. The second-order valence-corrected chi connectivity index (χ2v) is 13.5. The molecule has 242 valence electrons. The number of ketones is 1. The molecule has 0 spiro atoms. The number of carbonyl (C=O) groups is 2. The number of halogens is 2. The Hall–Kier alpha value is -4.99. The Balaban J connectivity index is 1.57. The van der Waals surface area contributed by atoms with E-state index in [1.807, 2.05) is 78.9 Å². The molecule has 0 heterocycles. The molecule has 0 unspecified atom stereocenters. The van der Waals surface area contributed by atoms with Gasteiger partial charge in [0.1, 0.15) is 5.60 Å². The molecule has 49 heavy (non-hydrogen) atoms. The number of Topliss-reactive ketones (excluding diaryl/α,β-unsaturated/α-hetero) is 1. The summed E-state index contributed by atoms with van der Waals surface area (Å²) in [7, 11) is 1.24. The lowest BCUT2D eigenvalue weighted by Gasteiger charge is -2.54. The number of hydrogen-bond donors (Lipinski definition) is 1. The summed E-state index contributed by atoms with van der Waals surface area (Å²) in [6.45, 7) is 0. The number of hydrogen-bond acceptors (Lipinski definition) is 5. The first-order chi connectivity index (χ1) is 23.7. The van der Waals surface area contributed by atoms with Gasteiger partial charge in [0.15, 0.2) is 11.2 Å². The van der Waals surface area contributed by atoms with Gasteiger partial charge >= 0.3 is 5.97 Å². The zero-order valence-corrected chi connectivity index (χ0v) is 28.0. The smallest absolute Gasteiger partial charge is 0.327 e. The minimum atomic E-state index is -1.96. The van der Waals surface area contributed by atoms with Gasteiger partial charge in [0.2, 0.25) is 0 Å². The largest absolute Gasteiger partial charge is 0.468 e. The Bertz CT molecular complexity index is 2280. The van der Waals surface area contributed by atoms with E-state index in [1.165, 1.54) is 7.11 Å². The highest BCUT2D eigenvalue weighted by atomic mass is 35.5. The molecular weight excluding hydrogens is 653 g/mol. The highest BCUT2D eigenvalue weighted by molar-refractivity contribution is 6.42. The third kappa shape index (κ3) is 5.37. The Morgan fingerprint density at radius 1 is 0.735 bits per heavy atom. The van der Waals surface area contributed by atoms with E-state index >= 15 is 4.79 Å². The third-order valence-electron chi connectivity index (χ3n) is 10.2. The lowest BCUT2D eigenvalue weighted by molar-refractivity contribution is -0.162. The Kier molecular flexibility index (Phi) is 8.50. The number of nitriles is 1. The quantitative estimate of drug-likeness (QED) is 0.140. The number of benzene rings is 6. The van der Waals surface area contributed by atoms with E-state index in [9.17, 15) is 15.2 Å². The van der Waals surface area contributed by atoms with Gasteiger partial charge in [-0.3, -0.25) is 9.59 Å². The van der Waals surface area contributed by atoms with Gasteiger partial charge in [-0.25, -0.2) is 0 Å². The van der Waals surface area contributed by atoms with Crippen molar-refractivity contribution >= 4 is 56.5 Å². The first-order valence-corrected chi connectivity index (χ1v) is 16.7. The molecule has 6 aromatic carbocycles. The zero-order valence-electron chi connectivity index (χ0n) is 26.5. The topological polar surface area (TPSA) is 87.4 Å². The fourth-order valence-electron chi connectivity index (χ4n) is 7.86. The molecular formula is C42H31Cl2NO4. The molecule has 1 N–H and O–H groups in total. The molecule has 1 fully saturated rings. The number of methoxy groups -OCH3 is 1. The molecule has 1 aliphatic rings. The molecule has 5 atom stereocenters. The average molecular weight is 685 g/mol. The maximum absolute atomic E-state index is 15.3. The molecule has 5 nitrogen and oxygen atoms in total. The molecule has 7 heteroatoms. The van der Waals surface area contributed by atoms with Gasteiger partial charge in [-0.15, -0.1) is 0 Å². The molecule has 0 saturated heterocycles. The van der Waals surface area contributed by atoms with Crippen LogP contribution in [0.4, 0.5) is 0 Å². The van der Waals surface area contributed by atoms with Crippen molar-refractivity contribution in [3.63, 3.8) is 0 Å². The summed E-state index contributed by atoms with van der Waals surface area (Å²) in [5, 5.41) is 28.9. The van der Waals surface area contributed by atoms with E-state index < -0.39 is 40.5 Å². The number of nitrogens with zero attached hydrogens (tertiary/aromatic N) is 1. The number of esters is 1. The number of ether oxygens (including phenoxy) is 1. The lowest BCUT2D eigenvalue weighted by Crippen LogP contribution is -2.59. The number of aliphatic hydroxyl groups is 1. The van der Waals surface area contributed by atoms with Gasteiger partial charge in [0.25, 0.3) is 0 Å². The predicted molar refractivity (Wildman–Crippen MR) is 193 cm³/mol. The van der Waals surface area contributed by atoms with Crippen LogP contribution in [0.5, 0.6) is 0 Å². The van der Waals surface area contributed by atoms with Crippen molar-refractivity contribution in [2.75, 3.05) is 7.11 Å². The highest BCUT2D eigenvalue weighted by Crippen LogP contribution is 2.64. The van der Waals surface area contributed by atoms with Gasteiger partial charge in [0, 0.05) is 17.4 Å². The minimum absolute atomic E-state index is 0.167. The van der Waals surface area contributed by atoms with Crippen LogP contribution in [0.2, 0.25) is 10.0 Å². The molecule has 6 aromatic rings. The standard InChI is InChI=1S/C42H31Cl2NO4/c1-49-40(47)41(25-45)34(31-18-20-35(43)36(44)23-31)24-42(48,33-19-17-27-10-6-8-14-30(27)22-33)38(37(41)28-11-3-2-4-12-28)39(46)32-16-15-26-9-5-7-13-29(26)21-32/h2-23,34,37-38,48H,24H2,1H3/t34-,37+,38+,41-,42+/m1/s1. The fourth-order valence-corrected chi connectivity index (χ4v) is 8.16. The van der Waals surface area contributed by atoms with Crippen LogP contribution in [0.15, 0.2) is 133 Å². The van der Waals surface area contributed by atoms with E-state index in [1.54, 1.807) is 54.6 Å². The van der Waals surface area contributed by atoms with E-state index in [4.69, 9.17) is 27.9 Å². The molecule has 1 saturated carbocycles. The van der Waals surface area contributed by atoms with Crippen LogP contribution >= 0.6 is 23.2 Å². The van der Waals surface area contributed by atoms with Gasteiger partial charge in [0.05, 0.1) is 29.1 Å². The lowest BCUT2D eigenvalue weighted by atomic mass is 9.47. The summed E-state index contributed by atoms with van der Waals surface area (Å²) in [4.78, 5) is 29.6. The average Bonchev–Trinajstić information content (AvgIpc) is 3.14. The summed E-state index contributed by atoms with van der Waals surface area (Å²) in [6, 6.07) is 42.8. The molecule has 0 amide bonds. The van der Waals surface area contributed by atoms with E-state index in [0.717, 1.165) is 21.5 Å². The maximum Gasteiger partial charge on any atom is 0.327 e. The molecule has 0 aliphatic heterocycles. The van der Waals surface area contributed by atoms with Crippen LogP contribution < -0.4 is 0 Å². The summed E-state index contributed by atoms with van der Waals surface area (Å²) in [6.07, 6.45) is -0.167. The Morgan fingerprint density at radius 3 is 1.98 bits per heavy atom. The van der Waals surface area contributed by atoms with Gasteiger partial charge in [-0.05, 0) is 68.9 Å². The van der Waals surface area contributed by atoms with Crippen molar-refractivity contribution in [2.45, 2.75) is 23.9 Å². The summed E-state index contributed by atoms with van der Waals surface area (Å²) < 4.78 is 5.45. The number of fused-ring (bicyclic) bond motifs is 2. The Morgan fingerprint density at radius 2 is 1.35 bits per heavy atom. The second-order valence-electron chi connectivity index (χ2n) is 12.7. The summed E-state index contributed by atoms with van der Waals surface area (Å²) in [5.41, 5.74) is -1.94. The van der Waals surface area contributed by atoms with Crippen LogP contribution in [0, 0.1) is 22.7 Å². The number of carbonyl (C=O) groups excluding carboxylic acids is 2. The fraction of sp³-hybridized carbons (Fsp3) is 0.167. The van der Waals surface area contributed by atoms with E-state index in [0.29, 0.717) is 27.3 Å². The highest BCUT2D eigenvalue weighted by Gasteiger charge is 2.67. The predicted octanol–water partition coefficient (Wildman–Crippen LogP) is 9.64. The normalized spacial score (nSPS) is 23.5. The van der Waals surface area contributed by atoms with Crippen LogP contribution in [0.3, 0.4) is 0 Å². The molecule has 1 aliphatic carbocycles. The SMILES string of the molecule is COC(=O)[C@]1(C#N)[C@@H](c2ccc(Cl)c(Cl)c2)C[C@](O)(c2ccc3ccccc3c2)[C@H](C(=O)c2ccc3ccccc3c2)[C@@H]1c1ccccc1. The van der Waals surface area contributed by atoms with Gasteiger partial charge in [-0.2, -0.15) is 5.26 Å². The summed E-state index contributed by atoms with van der Waals surface area (Å²) >= 11 is 12.9. The summed E-state index contributed by atoms with van der Waals surface area (Å²) in [5.74, 6) is -4.63. The molecule has 0 radical (unpaired) electrons.